The highest BCUT2D eigenvalue weighted by molar-refractivity contribution is 7.22. The number of hydrogen-bond acceptors (Lipinski definition) is 11. The van der Waals surface area contributed by atoms with Crippen LogP contribution in [-0.4, -0.2) is 67.0 Å². The molecule has 14 heteroatoms. The molecule has 0 bridgehead atoms. The van der Waals surface area contributed by atoms with Gasteiger partial charge in [-0.1, -0.05) is 125 Å². The Morgan fingerprint density at radius 2 is 1.57 bits per heavy atom. The van der Waals surface area contributed by atoms with Crippen LogP contribution in [-0.2, 0) is 31.1 Å². The fraction of sp³-hybridized carbons (Fsp3) is 0.176. The normalized spacial score (nSPS) is 22.2. The average molecular weight is 878 g/mol. The molecular formula is C51H39N7O6S. The van der Waals surface area contributed by atoms with Crippen molar-refractivity contribution in [2.75, 3.05) is 23.8 Å². The molecule has 1 spiro atoms. The third-order valence-electron chi connectivity index (χ3n) is 12.5. The highest BCUT2D eigenvalue weighted by atomic mass is 32.1. The van der Waals surface area contributed by atoms with Crippen molar-refractivity contribution in [2.24, 2.45) is 5.92 Å². The van der Waals surface area contributed by atoms with E-state index < -0.39 is 53.3 Å². The molecule has 13 nitrogen and oxygen atoms in total. The minimum atomic E-state index is -1.77. The van der Waals surface area contributed by atoms with Gasteiger partial charge >= 0.3 is 5.97 Å². The van der Waals surface area contributed by atoms with E-state index in [0.29, 0.717) is 38.8 Å². The summed E-state index contributed by atoms with van der Waals surface area (Å²) in [5.41, 5.74) is 4.28. The molecule has 6 atom stereocenters. The van der Waals surface area contributed by atoms with Crippen molar-refractivity contribution in [3.8, 4) is 17.6 Å². The number of aliphatic hydroxyl groups is 1. The fourth-order valence-corrected chi connectivity index (χ4v) is 10.8. The van der Waals surface area contributed by atoms with Crippen molar-refractivity contribution < 1.29 is 29.0 Å². The van der Waals surface area contributed by atoms with Crippen LogP contribution in [0.25, 0.3) is 21.3 Å². The molecule has 65 heavy (non-hydrogen) atoms. The van der Waals surface area contributed by atoms with Gasteiger partial charge in [-0.3, -0.25) is 19.3 Å². The number of fused-ring (bicyclic) bond motifs is 5. The Bertz CT molecular complexity index is 3170. The summed E-state index contributed by atoms with van der Waals surface area (Å²) in [6, 6.07) is 44.3. The molecule has 6 aromatic carbocycles. The molecule has 5 heterocycles. The SMILES string of the molecule is O=C1OC(c2ccccc2)C(c2ccccc2)N2C1C(C(=O)Nc1nc3ccccc3s1)C1(C(=O)Nc3ccc(C#CCn4nnc5ccccc54)cc31)C2c1cccc(OCCO)c1. The molecule has 320 valence electrons. The molecule has 6 unspecified atom stereocenters. The molecule has 11 rings (SSSR count). The number of thiazole rings is 1. The number of aromatic nitrogens is 4. The minimum Gasteiger partial charge on any atom is -0.491 e. The van der Waals surface area contributed by atoms with E-state index >= 15 is 14.4 Å². The smallest absolute Gasteiger partial charge is 0.324 e. The fourth-order valence-electron chi connectivity index (χ4n) is 9.97. The van der Waals surface area contributed by atoms with Crippen LogP contribution in [0.15, 0.2) is 152 Å². The Labute approximate surface area is 376 Å². The van der Waals surface area contributed by atoms with Gasteiger partial charge in [-0.15, -0.1) is 5.10 Å². The van der Waals surface area contributed by atoms with Crippen LogP contribution < -0.4 is 15.4 Å². The molecule has 3 aliphatic rings. The molecule has 8 aromatic rings. The van der Waals surface area contributed by atoms with Gasteiger partial charge in [-0.05, 0) is 76.9 Å². The second-order valence-corrected chi connectivity index (χ2v) is 17.2. The Morgan fingerprint density at radius 1 is 0.831 bits per heavy atom. The quantitative estimate of drug-likeness (QED) is 0.0987. The number of carbonyl (C=O) groups is 3. The summed E-state index contributed by atoms with van der Waals surface area (Å²) in [4.78, 5) is 53.3. The van der Waals surface area contributed by atoms with Crippen molar-refractivity contribution in [1.82, 2.24) is 24.9 Å². The van der Waals surface area contributed by atoms with E-state index in [-0.39, 0.29) is 19.8 Å². The zero-order valence-electron chi connectivity index (χ0n) is 34.6. The summed E-state index contributed by atoms with van der Waals surface area (Å²) < 4.78 is 15.1. The molecule has 0 aliphatic carbocycles. The van der Waals surface area contributed by atoms with Crippen LogP contribution >= 0.6 is 11.3 Å². The number of nitrogens with one attached hydrogen (secondary N) is 2. The number of rotatable bonds is 9. The second kappa shape index (κ2) is 16.5. The molecule has 2 aromatic heterocycles. The molecule has 0 radical (unpaired) electrons. The largest absolute Gasteiger partial charge is 0.491 e. The van der Waals surface area contributed by atoms with Crippen LogP contribution in [0.3, 0.4) is 0 Å². The average Bonchev–Trinajstić information content (AvgIpc) is 4.10. The summed E-state index contributed by atoms with van der Waals surface area (Å²) >= 11 is 1.30. The van der Waals surface area contributed by atoms with E-state index in [0.717, 1.165) is 26.9 Å². The number of nitrogens with zero attached hydrogens (tertiary/aromatic N) is 5. The predicted octanol–water partition coefficient (Wildman–Crippen LogP) is 7.37. The van der Waals surface area contributed by atoms with Crippen molar-refractivity contribution in [3.05, 3.63) is 179 Å². The lowest BCUT2D eigenvalue weighted by atomic mass is 9.65. The topological polar surface area (TPSA) is 161 Å². The first-order chi connectivity index (χ1) is 31.9. The van der Waals surface area contributed by atoms with Gasteiger partial charge < -0.3 is 25.2 Å². The molecule has 0 saturated carbocycles. The highest BCUT2D eigenvalue weighted by Gasteiger charge is 2.74. The summed E-state index contributed by atoms with van der Waals surface area (Å²) in [7, 11) is 0. The van der Waals surface area contributed by atoms with E-state index in [1.54, 1.807) is 16.8 Å². The lowest BCUT2D eigenvalue weighted by Gasteiger charge is -2.46. The molecule has 3 N–H and O–H groups in total. The predicted molar refractivity (Wildman–Crippen MR) is 245 cm³/mol. The second-order valence-electron chi connectivity index (χ2n) is 16.1. The number of carbonyl (C=O) groups excluding carboxylic acids is 3. The number of para-hydroxylation sites is 2. The summed E-state index contributed by atoms with van der Waals surface area (Å²) in [5.74, 6) is 3.90. The van der Waals surface area contributed by atoms with Gasteiger partial charge in [-0.25, -0.2) is 9.67 Å². The van der Waals surface area contributed by atoms with E-state index in [1.807, 2.05) is 144 Å². The summed E-state index contributed by atoms with van der Waals surface area (Å²) in [6.07, 6.45) is -0.837. The van der Waals surface area contributed by atoms with E-state index in [4.69, 9.17) is 14.5 Å². The molecule has 2 saturated heterocycles. The number of aliphatic hydroxyl groups excluding tert-OH is 1. The van der Waals surface area contributed by atoms with Gasteiger partial charge in [-0.2, -0.15) is 0 Å². The van der Waals surface area contributed by atoms with E-state index in [9.17, 15) is 5.11 Å². The number of amides is 2. The number of hydrogen-bond donors (Lipinski definition) is 3. The van der Waals surface area contributed by atoms with Gasteiger partial charge in [0, 0.05) is 11.3 Å². The lowest BCUT2D eigenvalue weighted by Crippen LogP contribution is -2.53. The highest BCUT2D eigenvalue weighted by Crippen LogP contribution is 2.65. The van der Waals surface area contributed by atoms with Crippen LogP contribution in [0.1, 0.15) is 46.0 Å². The number of esters is 1. The van der Waals surface area contributed by atoms with Gasteiger partial charge in [0.1, 0.15) is 42.0 Å². The van der Waals surface area contributed by atoms with E-state index in [2.05, 4.69) is 32.8 Å². The van der Waals surface area contributed by atoms with Crippen molar-refractivity contribution in [3.63, 3.8) is 0 Å². The molecule has 3 aliphatic heterocycles. The standard InChI is InChI=1S/C51H39N7O6S/c59-27-28-63-35-19-11-18-34(30-35)46-51(36-29-31(24-25-37(36)52-49(51)62)13-12-26-57-40-22-9-7-20-38(40)55-56-57)42(47(60)54-50-53-39-21-8-10-23-41(39)65-50)44-48(61)64-45(33-16-5-2-6-17-33)43(58(44)46)32-14-3-1-4-15-32/h1-11,14-25,29-30,42-46,59H,26-28H2,(H,52,62)(H,53,54,60). The maximum atomic E-state index is 15.7. The van der Waals surface area contributed by atoms with Crippen molar-refractivity contribution in [1.29, 1.82) is 0 Å². The van der Waals surface area contributed by atoms with Crippen LogP contribution in [0.5, 0.6) is 5.75 Å². The zero-order valence-corrected chi connectivity index (χ0v) is 35.4. The number of cyclic esters (lactones) is 1. The van der Waals surface area contributed by atoms with Gasteiger partial charge in [0.05, 0.1) is 40.3 Å². The first-order valence-electron chi connectivity index (χ1n) is 21.2. The minimum absolute atomic E-state index is 0.0313. The maximum Gasteiger partial charge on any atom is 0.324 e. The Balaban J connectivity index is 1.14. The van der Waals surface area contributed by atoms with E-state index in [1.165, 1.54) is 11.3 Å². The monoisotopic (exact) mass is 877 g/mol. The van der Waals surface area contributed by atoms with Gasteiger partial charge in [0.2, 0.25) is 11.8 Å². The first-order valence-corrected chi connectivity index (χ1v) is 22.0. The number of benzene rings is 6. The zero-order chi connectivity index (χ0) is 44.1. The Kier molecular flexibility index (Phi) is 10.1. The lowest BCUT2D eigenvalue weighted by molar-refractivity contribution is -0.177. The third-order valence-corrected chi connectivity index (χ3v) is 13.5. The van der Waals surface area contributed by atoms with Gasteiger partial charge in [0.15, 0.2) is 5.13 Å². The van der Waals surface area contributed by atoms with Crippen LogP contribution in [0.2, 0.25) is 0 Å². The number of morpholine rings is 1. The summed E-state index contributed by atoms with van der Waals surface area (Å²) in [6.45, 7) is 0.0640. The van der Waals surface area contributed by atoms with Gasteiger partial charge in [0.25, 0.3) is 0 Å². The molecule has 2 amide bonds. The number of anilines is 2. The Hall–Kier alpha value is -7.70. The number of ether oxygens (including phenoxy) is 2. The molecular weight excluding hydrogens is 839 g/mol. The maximum absolute atomic E-state index is 15.7. The summed E-state index contributed by atoms with van der Waals surface area (Å²) in [5, 5.41) is 24.9. The van der Waals surface area contributed by atoms with Crippen LogP contribution in [0.4, 0.5) is 10.8 Å². The van der Waals surface area contributed by atoms with Crippen LogP contribution in [0, 0.1) is 17.8 Å². The van der Waals surface area contributed by atoms with Crippen molar-refractivity contribution >= 4 is 61.2 Å². The first kappa shape index (κ1) is 40.1. The molecule has 2 fully saturated rings. The third kappa shape index (κ3) is 6.80. The van der Waals surface area contributed by atoms with Crippen molar-refractivity contribution in [2.45, 2.75) is 36.2 Å². The Morgan fingerprint density at radius 3 is 2.37 bits per heavy atom.